The number of aryl methyl sites for hydroxylation is 2. The lowest BCUT2D eigenvalue weighted by Gasteiger charge is -2.19. The Morgan fingerprint density at radius 1 is 1.39 bits per heavy atom. The van der Waals surface area contributed by atoms with Gasteiger partial charge in [-0.15, -0.1) is 0 Å². The van der Waals surface area contributed by atoms with E-state index >= 15 is 0 Å². The van der Waals surface area contributed by atoms with Crippen molar-refractivity contribution in [2.45, 2.75) is 53.2 Å². The van der Waals surface area contributed by atoms with Crippen molar-refractivity contribution in [2.24, 2.45) is 5.92 Å². The van der Waals surface area contributed by atoms with E-state index in [1.165, 1.54) is 5.69 Å². The van der Waals surface area contributed by atoms with Gasteiger partial charge >= 0.3 is 0 Å². The Morgan fingerprint density at radius 2 is 2.06 bits per heavy atom. The first-order valence-corrected chi connectivity index (χ1v) is 7.42. The molecule has 2 unspecified atom stereocenters. The summed E-state index contributed by atoms with van der Waals surface area (Å²) >= 11 is 3.63. The van der Waals surface area contributed by atoms with Crippen LogP contribution in [0.2, 0.25) is 0 Å². The summed E-state index contributed by atoms with van der Waals surface area (Å²) in [6.07, 6.45) is 0.934. The number of nitrogens with zero attached hydrogens (tertiary/aromatic N) is 2. The number of nitrogens with one attached hydrogen (secondary N) is 1. The molecule has 4 nitrogen and oxygen atoms in total. The van der Waals surface area contributed by atoms with E-state index in [4.69, 9.17) is 5.11 Å². The topological polar surface area (TPSA) is 50.1 Å². The van der Waals surface area contributed by atoms with Crippen LogP contribution in [0, 0.1) is 5.92 Å². The molecule has 18 heavy (non-hydrogen) atoms. The van der Waals surface area contributed by atoms with Crippen molar-refractivity contribution in [1.29, 1.82) is 0 Å². The summed E-state index contributed by atoms with van der Waals surface area (Å²) < 4.78 is 3.15. The highest BCUT2D eigenvalue weighted by atomic mass is 79.9. The monoisotopic (exact) mass is 317 g/mol. The van der Waals surface area contributed by atoms with Crippen molar-refractivity contribution in [3.05, 3.63) is 15.9 Å². The van der Waals surface area contributed by atoms with Crippen LogP contribution in [0.3, 0.4) is 0 Å². The molecule has 0 radical (unpaired) electrons. The molecule has 0 amide bonds. The number of hydrogen-bond donors (Lipinski definition) is 2. The first-order valence-electron chi connectivity index (χ1n) is 6.63. The average Bonchev–Trinajstić information content (AvgIpc) is 2.70. The van der Waals surface area contributed by atoms with Gasteiger partial charge in [-0.3, -0.25) is 4.68 Å². The molecule has 5 heteroatoms. The summed E-state index contributed by atoms with van der Waals surface area (Å²) in [7, 11) is 0. The molecule has 0 saturated carbocycles. The Morgan fingerprint density at radius 3 is 2.56 bits per heavy atom. The Balaban J connectivity index is 2.74. The molecule has 104 valence electrons. The van der Waals surface area contributed by atoms with Crippen LogP contribution in [0.1, 0.15) is 39.1 Å². The number of rotatable bonds is 7. The number of halogens is 1. The molecule has 0 aliphatic rings. The molecule has 0 saturated heterocycles. The van der Waals surface area contributed by atoms with Crippen LogP contribution in [-0.4, -0.2) is 27.5 Å². The second-order valence-electron chi connectivity index (χ2n) is 4.71. The SMILES string of the molecule is CCc1nn(CC)c(CNC(C)C(C)CO)c1Br. The zero-order valence-electron chi connectivity index (χ0n) is 11.7. The molecule has 2 atom stereocenters. The minimum absolute atomic E-state index is 0.211. The number of aliphatic hydroxyl groups is 1. The third-order valence-corrected chi connectivity index (χ3v) is 4.34. The normalized spacial score (nSPS) is 14.8. The Bertz CT molecular complexity index is 379. The van der Waals surface area contributed by atoms with Gasteiger partial charge in [-0.25, -0.2) is 0 Å². The first-order chi connectivity index (χ1) is 8.54. The van der Waals surface area contributed by atoms with E-state index in [-0.39, 0.29) is 18.6 Å². The van der Waals surface area contributed by atoms with Gasteiger partial charge in [-0.2, -0.15) is 5.10 Å². The van der Waals surface area contributed by atoms with Crippen molar-refractivity contribution in [3.63, 3.8) is 0 Å². The molecule has 1 aromatic heterocycles. The molecule has 0 fully saturated rings. The van der Waals surface area contributed by atoms with E-state index in [9.17, 15) is 0 Å². The molecule has 0 bridgehead atoms. The number of aromatic nitrogens is 2. The predicted molar refractivity (Wildman–Crippen MR) is 77.5 cm³/mol. The fourth-order valence-electron chi connectivity index (χ4n) is 1.80. The molecule has 0 spiro atoms. The van der Waals surface area contributed by atoms with Gasteiger partial charge in [0, 0.05) is 25.7 Å². The highest BCUT2D eigenvalue weighted by Gasteiger charge is 2.16. The maximum absolute atomic E-state index is 9.13. The van der Waals surface area contributed by atoms with Crippen molar-refractivity contribution in [3.8, 4) is 0 Å². The third-order valence-electron chi connectivity index (χ3n) is 3.43. The molecule has 0 aliphatic carbocycles. The predicted octanol–water partition coefficient (Wildman–Crippen LogP) is 2.33. The van der Waals surface area contributed by atoms with Gasteiger partial charge in [0.2, 0.25) is 0 Å². The van der Waals surface area contributed by atoms with Gasteiger partial charge in [0.1, 0.15) is 0 Å². The van der Waals surface area contributed by atoms with E-state index < -0.39 is 0 Å². The van der Waals surface area contributed by atoms with E-state index in [1.54, 1.807) is 0 Å². The molecule has 1 aromatic rings. The van der Waals surface area contributed by atoms with E-state index in [0.717, 1.165) is 29.7 Å². The highest BCUT2D eigenvalue weighted by Crippen LogP contribution is 2.22. The van der Waals surface area contributed by atoms with Crippen molar-refractivity contribution >= 4 is 15.9 Å². The summed E-state index contributed by atoms with van der Waals surface area (Å²) in [5.74, 6) is 0.257. The molecule has 0 aromatic carbocycles. The van der Waals surface area contributed by atoms with E-state index in [0.29, 0.717) is 0 Å². The lowest BCUT2D eigenvalue weighted by molar-refractivity contribution is 0.206. The van der Waals surface area contributed by atoms with Gasteiger partial charge < -0.3 is 10.4 Å². The Labute approximate surface area is 118 Å². The lowest BCUT2D eigenvalue weighted by atomic mass is 10.1. The second-order valence-corrected chi connectivity index (χ2v) is 5.50. The quantitative estimate of drug-likeness (QED) is 0.811. The second kappa shape index (κ2) is 7.26. The molecule has 1 rings (SSSR count). The van der Waals surface area contributed by atoms with Gasteiger partial charge in [0.05, 0.1) is 15.9 Å². The van der Waals surface area contributed by atoms with Crippen LogP contribution >= 0.6 is 15.9 Å². The minimum atomic E-state index is 0.211. The molecule has 1 heterocycles. The van der Waals surface area contributed by atoms with E-state index in [2.05, 4.69) is 47.1 Å². The summed E-state index contributed by atoms with van der Waals surface area (Å²) in [5, 5.41) is 17.2. The zero-order chi connectivity index (χ0) is 13.7. The molecular formula is C13H24BrN3O. The van der Waals surface area contributed by atoms with Crippen LogP contribution < -0.4 is 5.32 Å². The zero-order valence-corrected chi connectivity index (χ0v) is 13.3. The van der Waals surface area contributed by atoms with Crippen LogP contribution in [-0.2, 0) is 19.5 Å². The molecule has 2 N–H and O–H groups in total. The average molecular weight is 318 g/mol. The number of aliphatic hydroxyl groups excluding tert-OH is 1. The Kier molecular flexibility index (Phi) is 6.32. The number of hydrogen-bond acceptors (Lipinski definition) is 3. The van der Waals surface area contributed by atoms with Crippen molar-refractivity contribution in [1.82, 2.24) is 15.1 Å². The maximum Gasteiger partial charge on any atom is 0.0767 e. The van der Waals surface area contributed by atoms with Gasteiger partial charge in [0.25, 0.3) is 0 Å². The standard InChI is InChI=1S/C13H24BrN3O/c1-5-11-13(14)12(17(6-2)16-11)7-15-10(4)9(3)8-18/h9-10,15,18H,5-8H2,1-4H3. The maximum atomic E-state index is 9.13. The Hall–Kier alpha value is -0.390. The van der Waals surface area contributed by atoms with Gasteiger partial charge in [-0.05, 0) is 42.1 Å². The smallest absolute Gasteiger partial charge is 0.0767 e. The van der Waals surface area contributed by atoms with E-state index in [1.807, 2.05) is 11.6 Å². The lowest BCUT2D eigenvalue weighted by Crippen LogP contribution is -2.34. The summed E-state index contributed by atoms with van der Waals surface area (Å²) in [6.45, 7) is 10.2. The van der Waals surface area contributed by atoms with Crippen LogP contribution in [0.4, 0.5) is 0 Å². The van der Waals surface area contributed by atoms with Crippen LogP contribution in [0.5, 0.6) is 0 Å². The first kappa shape index (κ1) is 15.7. The largest absolute Gasteiger partial charge is 0.396 e. The molecule has 0 aliphatic heterocycles. The fraction of sp³-hybridized carbons (Fsp3) is 0.769. The summed E-state index contributed by atoms with van der Waals surface area (Å²) in [5.41, 5.74) is 2.29. The third kappa shape index (κ3) is 3.56. The van der Waals surface area contributed by atoms with Crippen LogP contribution in [0.25, 0.3) is 0 Å². The van der Waals surface area contributed by atoms with Crippen LogP contribution in [0.15, 0.2) is 4.47 Å². The minimum Gasteiger partial charge on any atom is -0.396 e. The van der Waals surface area contributed by atoms with Crippen molar-refractivity contribution < 1.29 is 5.11 Å². The van der Waals surface area contributed by atoms with Gasteiger partial charge in [0.15, 0.2) is 0 Å². The fourth-order valence-corrected chi connectivity index (χ4v) is 2.51. The molecular weight excluding hydrogens is 294 g/mol. The summed E-state index contributed by atoms with van der Waals surface area (Å²) in [6, 6.07) is 0.284. The van der Waals surface area contributed by atoms with Gasteiger partial charge in [-0.1, -0.05) is 13.8 Å². The van der Waals surface area contributed by atoms with Crippen molar-refractivity contribution in [2.75, 3.05) is 6.61 Å². The highest BCUT2D eigenvalue weighted by molar-refractivity contribution is 9.10. The summed E-state index contributed by atoms with van der Waals surface area (Å²) in [4.78, 5) is 0.